The molecule has 3 aromatic heterocycles. The molecule has 9 nitrogen and oxygen atoms in total. The van der Waals surface area contributed by atoms with Crippen LogP contribution in [0.25, 0.3) is 21.9 Å². The van der Waals surface area contributed by atoms with Crippen molar-refractivity contribution >= 4 is 38.0 Å². The lowest BCUT2D eigenvalue weighted by molar-refractivity contribution is 0.121. The summed E-state index contributed by atoms with van der Waals surface area (Å²) in [5.41, 5.74) is 3.01. The lowest BCUT2D eigenvalue weighted by atomic mass is 9.87. The highest BCUT2D eigenvalue weighted by molar-refractivity contribution is 7.89. The molecule has 10 heteroatoms. The number of nitrogens with zero attached hydrogens (tertiary/aromatic N) is 4. The quantitative estimate of drug-likeness (QED) is 0.626. The summed E-state index contributed by atoms with van der Waals surface area (Å²) in [6.07, 6.45) is 8.92. The maximum atomic E-state index is 13.1. The Hall–Kier alpha value is -2.72. The SMILES string of the molecule is NS(=O)(=O)CC1CCCN(C(=O)N2CCC(c3ccnc4cnc5[nH]ccc5c34)CC2)C1. The minimum Gasteiger partial charge on any atom is -0.346 e. The molecule has 1 atom stereocenters. The standard InChI is InChI=1S/C22H28N6O3S/c23-32(30,31)14-15-2-1-9-28(13-15)22(29)27-10-5-16(6-11-27)17-3-7-24-19-12-26-21-18(20(17)19)4-8-25-21/h3-4,7-8,12,15-16H,1-2,5-6,9-11,13-14H2,(H,25,26)(H2,23,30,31). The first-order valence-electron chi connectivity index (χ1n) is 11.1. The molecule has 2 fully saturated rings. The normalized spacial score (nSPS) is 20.8. The molecule has 5 rings (SSSR count). The fourth-order valence-electron chi connectivity index (χ4n) is 5.31. The van der Waals surface area contributed by atoms with Crippen molar-refractivity contribution in [3.63, 3.8) is 0 Å². The summed E-state index contributed by atoms with van der Waals surface area (Å²) in [7, 11) is -3.53. The van der Waals surface area contributed by atoms with Crippen molar-refractivity contribution in [1.82, 2.24) is 24.8 Å². The molecule has 0 aliphatic carbocycles. The van der Waals surface area contributed by atoms with Gasteiger partial charge in [-0.1, -0.05) is 0 Å². The summed E-state index contributed by atoms with van der Waals surface area (Å²) in [6.45, 7) is 2.51. The minimum absolute atomic E-state index is 0.0133. The number of carbonyl (C=O) groups is 1. The lowest BCUT2D eigenvalue weighted by Crippen LogP contribution is -2.50. The number of H-pyrrole nitrogens is 1. The molecular formula is C22H28N6O3S. The maximum Gasteiger partial charge on any atom is 0.320 e. The monoisotopic (exact) mass is 456 g/mol. The molecule has 170 valence electrons. The van der Waals surface area contributed by atoms with Crippen molar-refractivity contribution in [1.29, 1.82) is 0 Å². The number of hydrogen-bond acceptors (Lipinski definition) is 5. The first-order valence-corrected chi connectivity index (χ1v) is 12.9. The average molecular weight is 457 g/mol. The number of pyridine rings is 2. The van der Waals surface area contributed by atoms with Crippen LogP contribution in [0.5, 0.6) is 0 Å². The number of aromatic amines is 1. The first kappa shape index (κ1) is 21.1. The van der Waals surface area contributed by atoms with Crippen molar-refractivity contribution in [2.45, 2.75) is 31.6 Å². The zero-order chi connectivity index (χ0) is 22.3. The van der Waals surface area contributed by atoms with Gasteiger partial charge in [0.15, 0.2) is 0 Å². The van der Waals surface area contributed by atoms with Crippen molar-refractivity contribution in [2.75, 3.05) is 31.9 Å². The molecule has 1 unspecified atom stereocenters. The molecule has 32 heavy (non-hydrogen) atoms. The number of rotatable bonds is 3. The van der Waals surface area contributed by atoms with E-state index in [0.29, 0.717) is 32.1 Å². The number of nitrogens with one attached hydrogen (secondary N) is 1. The van der Waals surface area contributed by atoms with E-state index in [4.69, 9.17) is 5.14 Å². The minimum atomic E-state index is -3.53. The Morgan fingerprint density at radius 1 is 1.12 bits per heavy atom. The highest BCUT2D eigenvalue weighted by Crippen LogP contribution is 2.35. The van der Waals surface area contributed by atoms with Crippen molar-refractivity contribution in [2.24, 2.45) is 11.1 Å². The van der Waals surface area contributed by atoms with Crippen molar-refractivity contribution in [3.8, 4) is 0 Å². The Bertz CT molecular complexity index is 1250. The van der Waals surface area contributed by atoms with Gasteiger partial charge in [0, 0.05) is 49.3 Å². The second-order valence-corrected chi connectivity index (χ2v) is 10.6. The second-order valence-electron chi connectivity index (χ2n) is 8.99. The van der Waals surface area contributed by atoms with Crippen LogP contribution in [0.4, 0.5) is 4.79 Å². The molecular weight excluding hydrogens is 428 g/mol. The topological polar surface area (TPSA) is 125 Å². The van der Waals surface area contributed by atoms with E-state index in [0.717, 1.165) is 47.6 Å². The number of primary sulfonamides is 1. The number of aromatic nitrogens is 3. The van der Waals surface area contributed by atoms with Crippen LogP contribution in [0.3, 0.4) is 0 Å². The molecule has 2 amide bonds. The fourth-order valence-corrected chi connectivity index (χ4v) is 6.23. The van der Waals surface area contributed by atoms with Crippen LogP contribution < -0.4 is 5.14 Å². The molecule has 0 bridgehead atoms. The lowest BCUT2D eigenvalue weighted by Gasteiger charge is -2.39. The van der Waals surface area contributed by atoms with Crippen molar-refractivity contribution < 1.29 is 13.2 Å². The fraction of sp³-hybridized carbons (Fsp3) is 0.500. The smallest absolute Gasteiger partial charge is 0.320 e. The molecule has 2 aliphatic heterocycles. The van der Waals surface area contributed by atoms with Gasteiger partial charge < -0.3 is 14.8 Å². The predicted octanol–water partition coefficient (Wildman–Crippen LogP) is 2.41. The molecule has 2 aliphatic rings. The van der Waals surface area contributed by atoms with Gasteiger partial charge in [-0.2, -0.15) is 0 Å². The molecule has 5 heterocycles. The Labute approximate surface area is 187 Å². The Morgan fingerprint density at radius 3 is 2.72 bits per heavy atom. The maximum absolute atomic E-state index is 13.1. The number of urea groups is 1. The Kier molecular flexibility index (Phi) is 5.50. The number of nitrogens with two attached hydrogens (primary N) is 1. The highest BCUT2D eigenvalue weighted by atomic mass is 32.2. The third-order valence-corrected chi connectivity index (χ3v) is 7.72. The van der Waals surface area contributed by atoms with Crippen molar-refractivity contribution in [3.05, 3.63) is 36.3 Å². The summed E-state index contributed by atoms with van der Waals surface area (Å²) in [4.78, 5) is 28.9. The van der Waals surface area contributed by atoms with Gasteiger partial charge in [-0.15, -0.1) is 0 Å². The molecule has 0 spiro atoms. The van der Waals surface area contributed by atoms with E-state index in [1.807, 2.05) is 29.6 Å². The van der Waals surface area contributed by atoms with Gasteiger partial charge in [0.05, 0.1) is 17.5 Å². The third kappa shape index (κ3) is 4.16. The number of likely N-dealkylation sites (tertiary alicyclic amines) is 2. The van der Waals surface area contributed by atoms with Crippen LogP contribution in [-0.2, 0) is 10.0 Å². The summed E-state index contributed by atoms with van der Waals surface area (Å²) < 4.78 is 22.9. The summed E-state index contributed by atoms with van der Waals surface area (Å²) in [5, 5.41) is 7.44. The molecule has 2 saturated heterocycles. The van der Waals surface area contributed by atoms with Gasteiger partial charge >= 0.3 is 6.03 Å². The number of carbonyl (C=O) groups excluding carboxylic acids is 1. The Morgan fingerprint density at radius 2 is 1.94 bits per heavy atom. The van der Waals surface area contributed by atoms with Gasteiger partial charge in [-0.25, -0.2) is 23.3 Å². The average Bonchev–Trinajstić information content (AvgIpc) is 3.26. The van der Waals surface area contributed by atoms with Crippen LogP contribution in [0.1, 0.15) is 37.2 Å². The van der Waals surface area contributed by atoms with Crippen LogP contribution in [0.2, 0.25) is 0 Å². The van der Waals surface area contributed by atoms with E-state index < -0.39 is 10.0 Å². The van der Waals surface area contributed by atoms with E-state index in [1.54, 1.807) is 4.90 Å². The van der Waals surface area contributed by atoms with Crippen LogP contribution in [-0.4, -0.2) is 71.1 Å². The van der Waals surface area contributed by atoms with Crippen LogP contribution in [0, 0.1) is 5.92 Å². The largest absolute Gasteiger partial charge is 0.346 e. The van der Waals surface area contributed by atoms with Crippen LogP contribution in [0.15, 0.2) is 30.7 Å². The number of piperidine rings is 2. The van der Waals surface area contributed by atoms with Gasteiger partial charge in [-0.05, 0) is 55.2 Å². The third-order valence-electron chi connectivity index (χ3n) is 6.79. The van der Waals surface area contributed by atoms with Gasteiger partial charge in [0.1, 0.15) is 5.65 Å². The Balaban J connectivity index is 1.28. The summed E-state index contributed by atoms with van der Waals surface area (Å²) in [5.74, 6) is 0.207. The molecule has 0 aromatic carbocycles. The van der Waals surface area contributed by atoms with Gasteiger partial charge in [0.2, 0.25) is 10.0 Å². The van der Waals surface area contributed by atoms with E-state index in [9.17, 15) is 13.2 Å². The zero-order valence-corrected chi connectivity index (χ0v) is 18.7. The number of sulfonamides is 1. The number of hydrogen-bond donors (Lipinski definition) is 2. The first-order chi connectivity index (χ1) is 15.4. The molecule has 0 saturated carbocycles. The molecule has 3 aromatic rings. The summed E-state index contributed by atoms with van der Waals surface area (Å²) >= 11 is 0. The van der Waals surface area contributed by atoms with Crippen LogP contribution >= 0.6 is 0 Å². The van der Waals surface area contributed by atoms with Gasteiger partial charge in [-0.3, -0.25) is 4.98 Å². The van der Waals surface area contributed by atoms with E-state index >= 15 is 0 Å². The second kappa shape index (κ2) is 8.32. The molecule has 3 N–H and O–H groups in total. The van der Waals surface area contributed by atoms with E-state index in [-0.39, 0.29) is 17.7 Å². The predicted molar refractivity (Wildman–Crippen MR) is 123 cm³/mol. The zero-order valence-electron chi connectivity index (χ0n) is 17.9. The number of fused-ring (bicyclic) bond motifs is 3. The summed E-state index contributed by atoms with van der Waals surface area (Å²) in [6, 6.07) is 4.15. The van der Waals surface area contributed by atoms with E-state index in [1.165, 1.54) is 5.56 Å². The van der Waals surface area contributed by atoms with E-state index in [2.05, 4.69) is 21.0 Å². The highest BCUT2D eigenvalue weighted by Gasteiger charge is 2.31. The number of amides is 2. The molecule has 0 radical (unpaired) electrons. The van der Waals surface area contributed by atoms with Gasteiger partial charge in [0.25, 0.3) is 0 Å².